The number of nitrogens with two attached hydrogens (primary N) is 1. The van der Waals surface area contributed by atoms with Crippen molar-refractivity contribution in [3.8, 4) is 0 Å². The lowest BCUT2D eigenvalue weighted by Crippen LogP contribution is -2.34. The number of rotatable bonds is 6. The van der Waals surface area contributed by atoms with Crippen molar-refractivity contribution < 1.29 is 4.79 Å². The van der Waals surface area contributed by atoms with Crippen LogP contribution in [-0.2, 0) is 0 Å². The van der Waals surface area contributed by atoms with Gasteiger partial charge >= 0.3 is 0 Å². The van der Waals surface area contributed by atoms with Crippen molar-refractivity contribution in [2.75, 3.05) is 26.2 Å². The molecule has 94 valence electrons. The standard InChI is InChI=1S/C11H17ClN4O/c1-8-2-3-9(10(12)16-8)11(17)15-7-6-14-5-4-13/h2-3,14H,4-7,13H2,1H3,(H,15,17). The van der Waals surface area contributed by atoms with Crippen molar-refractivity contribution in [2.45, 2.75) is 6.92 Å². The average molecular weight is 257 g/mol. The van der Waals surface area contributed by atoms with Gasteiger partial charge in [-0.1, -0.05) is 11.6 Å². The summed E-state index contributed by atoms with van der Waals surface area (Å²) in [5.74, 6) is -0.211. The summed E-state index contributed by atoms with van der Waals surface area (Å²) in [4.78, 5) is 15.7. The van der Waals surface area contributed by atoms with Gasteiger partial charge in [0.25, 0.3) is 5.91 Å². The second-order valence-electron chi connectivity index (χ2n) is 3.59. The van der Waals surface area contributed by atoms with Crippen molar-refractivity contribution in [3.63, 3.8) is 0 Å². The summed E-state index contributed by atoms with van der Waals surface area (Å²) >= 11 is 5.88. The molecule has 4 N–H and O–H groups in total. The molecule has 17 heavy (non-hydrogen) atoms. The number of aromatic nitrogens is 1. The first-order valence-corrected chi connectivity index (χ1v) is 5.85. The molecule has 1 aromatic heterocycles. The third-order valence-electron chi connectivity index (χ3n) is 2.14. The van der Waals surface area contributed by atoms with Crippen LogP contribution in [0.4, 0.5) is 0 Å². The van der Waals surface area contributed by atoms with E-state index in [4.69, 9.17) is 17.3 Å². The summed E-state index contributed by atoms with van der Waals surface area (Å²) in [6.07, 6.45) is 0. The summed E-state index contributed by atoms with van der Waals surface area (Å²) in [6, 6.07) is 3.43. The molecule has 0 aliphatic carbocycles. The maximum absolute atomic E-state index is 11.7. The molecular formula is C11H17ClN4O. The van der Waals surface area contributed by atoms with Crippen molar-refractivity contribution >= 4 is 17.5 Å². The third-order valence-corrected chi connectivity index (χ3v) is 2.43. The molecule has 1 rings (SSSR count). The Morgan fingerprint density at radius 1 is 1.41 bits per heavy atom. The van der Waals surface area contributed by atoms with Crippen LogP contribution in [0, 0.1) is 6.92 Å². The number of hydrogen-bond donors (Lipinski definition) is 3. The van der Waals surface area contributed by atoms with Crippen LogP contribution in [0.25, 0.3) is 0 Å². The molecule has 0 aliphatic heterocycles. The van der Waals surface area contributed by atoms with Crippen LogP contribution in [0.15, 0.2) is 12.1 Å². The second kappa shape index (κ2) is 7.21. The highest BCUT2D eigenvalue weighted by Gasteiger charge is 2.10. The fraction of sp³-hybridized carbons (Fsp3) is 0.455. The smallest absolute Gasteiger partial charge is 0.254 e. The number of halogens is 1. The first-order valence-electron chi connectivity index (χ1n) is 5.47. The van der Waals surface area contributed by atoms with E-state index in [9.17, 15) is 4.79 Å². The van der Waals surface area contributed by atoms with Gasteiger partial charge in [0.05, 0.1) is 5.56 Å². The quantitative estimate of drug-likeness (QED) is 0.506. The molecule has 0 fully saturated rings. The van der Waals surface area contributed by atoms with Crippen molar-refractivity contribution in [1.29, 1.82) is 0 Å². The number of hydrogen-bond acceptors (Lipinski definition) is 4. The lowest BCUT2D eigenvalue weighted by molar-refractivity contribution is 0.0954. The fourth-order valence-corrected chi connectivity index (χ4v) is 1.56. The van der Waals surface area contributed by atoms with Gasteiger partial charge in [0.15, 0.2) is 0 Å². The molecule has 1 amide bonds. The Morgan fingerprint density at radius 3 is 2.82 bits per heavy atom. The summed E-state index contributed by atoms with van der Waals surface area (Å²) in [5.41, 5.74) is 6.51. The third kappa shape index (κ3) is 4.68. The number of nitrogens with zero attached hydrogens (tertiary/aromatic N) is 1. The van der Waals surface area contributed by atoms with Gasteiger partial charge in [0.1, 0.15) is 5.15 Å². The van der Waals surface area contributed by atoms with Crippen molar-refractivity contribution in [2.24, 2.45) is 5.73 Å². The Bertz CT molecular complexity index is 384. The highest BCUT2D eigenvalue weighted by Crippen LogP contribution is 2.12. The van der Waals surface area contributed by atoms with Gasteiger partial charge in [-0.25, -0.2) is 4.98 Å². The fourth-order valence-electron chi connectivity index (χ4n) is 1.28. The average Bonchev–Trinajstić information content (AvgIpc) is 2.28. The zero-order valence-corrected chi connectivity index (χ0v) is 10.5. The number of aryl methyl sites for hydroxylation is 1. The Kier molecular flexibility index (Phi) is 5.90. The van der Waals surface area contributed by atoms with Gasteiger partial charge in [-0.05, 0) is 19.1 Å². The van der Waals surface area contributed by atoms with Crippen molar-refractivity contribution in [1.82, 2.24) is 15.6 Å². The summed E-state index contributed by atoms with van der Waals surface area (Å²) in [7, 11) is 0. The number of pyridine rings is 1. The molecule has 0 atom stereocenters. The van der Waals surface area contributed by atoms with Gasteiger partial charge in [-0.15, -0.1) is 0 Å². The lowest BCUT2D eigenvalue weighted by Gasteiger charge is -2.07. The van der Waals surface area contributed by atoms with E-state index >= 15 is 0 Å². The largest absolute Gasteiger partial charge is 0.351 e. The Hall–Kier alpha value is -1.17. The highest BCUT2D eigenvalue weighted by molar-refractivity contribution is 6.32. The van der Waals surface area contributed by atoms with Crippen LogP contribution >= 0.6 is 11.6 Å². The first kappa shape index (κ1) is 13.9. The van der Waals surface area contributed by atoms with E-state index in [0.717, 1.165) is 12.2 Å². The molecule has 0 aliphatic rings. The minimum atomic E-state index is -0.211. The van der Waals surface area contributed by atoms with Crippen LogP contribution in [0.3, 0.4) is 0 Å². The van der Waals surface area contributed by atoms with Crippen LogP contribution in [0.1, 0.15) is 16.1 Å². The van der Waals surface area contributed by atoms with E-state index in [1.807, 2.05) is 6.92 Å². The molecule has 0 spiro atoms. The van der Waals surface area contributed by atoms with Crippen molar-refractivity contribution in [3.05, 3.63) is 28.5 Å². The minimum absolute atomic E-state index is 0.211. The summed E-state index contributed by atoms with van der Waals surface area (Å²) < 4.78 is 0. The van der Waals surface area contributed by atoms with E-state index in [-0.39, 0.29) is 11.1 Å². The molecule has 5 nitrogen and oxygen atoms in total. The molecule has 1 aromatic rings. The number of amides is 1. The number of carbonyl (C=O) groups is 1. The van der Waals surface area contributed by atoms with Crippen LogP contribution < -0.4 is 16.4 Å². The monoisotopic (exact) mass is 256 g/mol. The molecule has 0 saturated heterocycles. The molecule has 0 saturated carbocycles. The van der Waals surface area contributed by atoms with E-state index in [1.165, 1.54) is 0 Å². The summed E-state index contributed by atoms with van der Waals surface area (Å²) in [5, 5.41) is 6.06. The van der Waals surface area contributed by atoms with Gasteiger partial charge < -0.3 is 16.4 Å². The minimum Gasteiger partial charge on any atom is -0.351 e. The Morgan fingerprint density at radius 2 is 2.18 bits per heavy atom. The molecule has 0 bridgehead atoms. The maximum atomic E-state index is 11.7. The molecule has 1 heterocycles. The maximum Gasteiger partial charge on any atom is 0.254 e. The van der Waals surface area contributed by atoms with Gasteiger partial charge in [-0.2, -0.15) is 0 Å². The van der Waals surface area contributed by atoms with E-state index in [0.29, 0.717) is 25.2 Å². The van der Waals surface area contributed by atoms with Crippen LogP contribution in [-0.4, -0.2) is 37.1 Å². The van der Waals surface area contributed by atoms with E-state index < -0.39 is 0 Å². The topological polar surface area (TPSA) is 80.0 Å². The molecule has 6 heteroatoms. The normalized spacial score (nSPS) is 10.3. The van der Waals surface area contributed by atoms with E-state index in [2.05, 4.69) is 15.6 Å². The van der Waals surface area contributed by atoms with Gasteiger partial charge in [0.2, 0.25) is 0 Å². The van der Waals surface area contributed by atoms with E-state index in [1.54, 1.807) is 12.1 Å². The SMILES string of the molecule is Cc1ccc(C(=O)NCCNCCN)c(Cl)n1. The Labute approximate surface area is 106 Å². The van der Waals surface area contributed by atoms with Crippen LogP contribution in [0.2, 0.25) is 5.15 Å². The second-order valence-corrected chi connectivity index (χ2v) is 3.94. The van der Waals surface area contributed by atoms with Gasteiger partial charge in [-0.3, -0.25) is 4.79 Å². The molecular weight excluding hydrogens is 240 g/mol. The van der Waals surface area contributed by atoms with Crippen LogP contribution in [0.5, 0.6) is 0 Å². The zero-order valence-electron chi connectivity index (χ0n) is 9.79. The Balaban J connectivity index is 2.42. The van der Waals surface area contributed by atoms with Gasteiger partial charge in [0, 0.05) is 31.9 Å². The zero-order chi connectivity index (χ0) is 12.7. The number of nitrogens with one attached hydrogen (secondary N) is 2. The lowest BCUT2D eigenvalue weighted by atomic mass is 10.2. The molecule has 0 aromatic carbocycles. The number of carbonyl (C=O) groups excluding carboxylic acids is 1. The first-order chi connectivity index (χ1) is 8.15. The predicted molar refractivity (Wildman–Crippen MR) is 68.2 cm³/mol. The molecule has 0 unspecified atom stereocenters. The highest BCUT2D eigenvalue weighted by atomic mass is 35.5. The summed E-state index contributed by atoms with van der Waals surface area (Å²) in [6.45, 7) is 4.36. The predicted octanol–water partition coefficient (Wildman–Crippen LogP) is 0.322. The molecule has 0 radical (unpaired) electrons.